The van der Waals surface area contributed by atoms with Crippen LogP contribution < -0.4 is 15.0 Å². The molecule has 2 aromatic heterocycles. The summed E-state index contributed by atoms with van der Waals surface area (Å²) < 4.78 is 7.07. The number of carbonyl (C=O) groups is 2. The zero-order valence-electron chi connectivity index (χ0n) is 17.1. The van der Waals surface area contributed by atoms with Crippen molar-refractivity contribution in [3.05, 3.63) is 71.2 Å². The molecule has 4 rings (SSSR count). The normalized spacial score (nSPS) is 15.0. The molecule has 0 unspecified atom stereocenters. The predicted molar refractivity (Wildman–Crippen MR) is 115 cm³/mol. The molecule has 1 atom stereocenters. The van der Waals surface area contributed by atoms with Crippen LogP contribution in [0.5, 0.6) is 5.75 Å². The Kier molecular flexibility index (Phi) is 5.56. The zero-order valence-corrected chi connectivity index (χ0v) is 17.1. The monoisotopic (exact) mass is 426 g/mol. The summed E-state index contributed by atoms with van der Waals surface area (Å²) in [6.45, 7) is 0.208. The van der Waals surface area contributed by atoms with Crippen LogP contribution in [0.3, 0.4) is 0 Å². The first-order valence-electron chi connectivity index (χ1n) is 9.70. The van der Waals surface area contributed by atoms with Gasteiger partial charge in [0.2, 0.25) is 0 Å². The molecule has 1 aromatic carbocycles. The Morgan fingerprint density at radius 1 is 1.34 bits per heavy atom. The number of amides is 2. The van der Waals surface area contributed by atoms with Gasteiger partial charge in [-0.15, -0.1) is 6.42 Å². The molecular weight excluding hydrogens is 408 g/mol. The number of nitrogens with one attached hydrogen (secondary N) is 1. The van der Waals surface area contributed by atoms with Crippen molar-refractivity contribution < 1.29 is 14.3 Å². The Morgan fingerprint density at radius 3 is 2.97 bits per heavy atom. The number of nitrogens with zero attached hydrogens (tertiary/aromatic N) is 5. The van der Waals surface area contributed by atoms with Gasteiger partial charge in [-0.25, -0.2) is 9.67 Å². The van der Waals surface area contributed by atoms with Gasteiger partial charge >= 0.3 is 0 Å². The van der Waals surface area contributed by atoms with Crippen LogP contribution in [-0.4, -0.2) is 46.3 Å². The second kappa shape index (κ2) is 8.62. The highest BCUT2D eigenvalue weighted by atomic mass is 16.5. The number of pyridine rings is 1. The molecule has 1 N–H and O–H groups in total. The van der Waals surface area contributed by atoms with Gasteiger partial charge in [-0.2, -0.15) is 10.4 Å². The van der Waals surface area contributed by atoms with E-state index < -0.39 is 11.9 Å². The molecule has 3 aromatic rings. The highest BCUT2D eigenvalue weighted by Gasteiger charge is 2.32. The Bertz CT molecular complexity index is 1280. The molecule has 0 radical (unpaired) electrons. The van der Waals surface area contributed by atoms with Crippen molar-refractivity contribution in [1.29, 1.82) is 5.26 Å². The standard InChI is InChI=1S/C23H18N6O3/c1-3-15-6-4-7-16(10-15)13-29-17(12-24)11-18(27-29)22(30)26-19-14-32-20-8-5-9-25-21(20)28(2)23(19)31/h1,4-11,19H,13-14H2,2H3,(H,26,30)/t19-/m0/s1. The molecule has 0 saturated carbocycles. The van der Waals surface area contributed by atoms with Crippen LogP contribution >= 0.6 is 0 Å². The van der Waals surface area contributed by atoms with Crippen LogP contribution in [0.2, 0.25) is 0 Å². The first-order valence-corrected chi connectivity index (χ1v) is 9.70. The van der Waals surface area contributed by atoms with Gasteiger partial charge in [0.1, 0.15) is 24.4 Å². The number of benzene rings is 1. The van der Waals surface area contributed by atoms with Gasteiger partial charge < -0.3 is 10.1 Å². The maximum Gasteiger partial charge on any atom is 0.272 e. The molecule has 0 bridgehead atoms. The summed E-state index contributed by atoms with van der Waals surface area (Å²) in [4.78, 5) is 31.1. The molecule has 2 amide bonds. The number of ether oxygens (including phenoxy) is 1. The van der Waals surface area contributed by atoms with Gasteiger partial charge in [-0.05, 0) is 29.8 Å². The van der Waals surface area contributed by atoms with E-state index in [2.05, 4.69) is 21.3 Å². The molecule has 1 aliphatic heterocycles. The van der Waals surface area contributed by atoms with Gasteiger partial charge in [0.25, 0.3) is 11.8 Å². The van der Waals surface area contributed by atoms with E-state index in [1.807, 2.05) is 24.3 Å². The van der Waals surface area contributed by atoms with Gasteiger partial charge in [-0.3, -0.25) is 14.5 Å². The quantitative estimate of drug-likeness (QED) is 0.630. The highest BCUT2D eigenvalue weighted by molar-refractivity contribution is 6.02. The Balaban J connectivity index is 1.52. The minimum atomic E-state index is -0.940. The van der Waals surface area contributed by atoms with E-state index in [4.69, 9.17) is 11.2 Å². The Hall–Kier alpha value is -4.63. The van der Waals surface area contributed by atoms with Gasteiger partial charge in [0.15, 0.2) is 17.3 Å². The molecule has 0 fully saturated rings. The number of fused-ring (bicyclic) bond motifs is 1. The maximum absolute atomic E-state index is 12.8. The molecule has 9 nitrogen and oxygen atoms in total. The summed E-state index contributed by atoms with van der Waals surface area (Å²) in [5.74, 6) is 2.42. The van der Waals surface area contributed by atoms with E-state index >= 15 is 0 Å². The summed E-state index contributed by atoms with van der Waals surface area (Å²) in [5, 5.41) is 16.4. The molecule has 32 heavy (non-hydrogen) atoms. The number of likely N-dealkylation sites (N-methyl/N-ethyl adjacent to an activating group) is 1. The molecular formula is C23H18N6O3. The van der Waals surface area contributed by atoms with Crippen molar-refractivity contribution in [2.45, 2.75) is 12.6 Å². The van der Waals surface area contributed by atoms with Crippen LogP contribution in [0.15, 0.2) is 48.7 Å². The number of hydrogen-bond donors (Lipinski definition) is 1. The highest BCUT2D eigenvalue weighted by Crippen LogP contribution is 2.27. The topological polar surface area (TPSA) is 113 Å². The van der Waals surface area contributed by atoms with Crippen molar-refractivity contribution >= 4 is 17.6 Å². The largest absolute Gasteiger partial charge is 0.487 e. The van der Waals surface area contributed by atoms with E-state index in [0.29, 0.717) is 17.1 Å². The summed E-state index contributed by atoms with van der Waals surface area (Å²) in [5.41, 5.74) is 1.77. The van der Waals surface area contributed by atoms with E-state index in [-0.39, 0.29) is 30.4 Å². The minimum absolute atomic E-state index is 0.0185. The average Bonchev–Trinajstić information content (AvgIpc) is 3.19. The van der Waals surface area contributed by atoms with E-state index in [1.54, 1.807) is 31.4 Å². The molecule has 0 aliphatic carbocycles. The minimum Gasteiger partial charge on any atom is -0.487 e. The first-order chi connectivity index (χ1) is 15.5. The number of nitriles is 1. The number of hydrogen-bond acceptors (Lipinski definition) is 6. The van der Waals surface area contributed by atoms with Crippen LogP contribution in [-0.2, 0) is 11.3 Å². The summed E-state index contributed by atoms with van der Waals surface area (Å²) >= 11 is 0. The lowest BCUT2D eigenvalue weighted by Gasteiger charge is -2.19. The van der Waals surface area contributed by atoms with E-state index in [9.17, 15) is 14.9 Å². The van der Waals surface area contributed by atoms with Crippen LogP contribution in [0.1, 0.15) is 27.3 Å². The number of aromatic nitrogens is 3. The number of carbonyl (C=O) groups excluding carboxylic acids is 2. The molecule has 1 aliphatic rings. The molecule has 0 saturated heterocycles. The summed E-state index contributed by atoms with van der Waals surface area (Å²) in [6, 6.07) is 13.1. The lowest BCUT2D eigenvalue weighted by Crippen LogP contribution is -2.49. The molecule has 3 heterocycles. The maximum atomic E-state index is 12.8. The van der Waals surface area contributed by atoms with Crippen molar-refractivity contribution in [3.8, 4) is 24.2 Å². The smallest absolute Gasteiger partial charge is 0.272 e. The number of anilines is 1. The Labute approximate surface area is 184 Å². The average molecular weight is 426 g/mol. The van der Waals surface area contributed by atoms with Crippen LogP contribution in [0.4, 0.5) is 5.82 Å². The number of rotatable bonds is 4. The van der Waals surface area contributed by atoms with Crippen LogP contribution in [0.25, 0.3) is 0 Å². The van der Waals surface area contributed by atoms with Crippen molar-refractivity contribution in [3.63, 3.8) is 0 Å². The van der Waals surface area contributed by atoms with Gasteiger partial charge in [0.05, 0.1) is 6.54 Å². The second-order valence-electron chi connectivity index (χ2n) is 7.09. The first kappa shape index (κ1) is 20.6. The third-order valence-corrected chi connectivity index (χ3v) is 4.96. The third kappa shape index (κ3) is 4.00. The fourth-order valence-corrected chi connectivity index (χ4v) is 3.34. The van der Waals surface area contributed by atoms with Gasteiger partial charge in [0, 0.05) is 24.9 Å². The van der Waals surface area contributed by atoms with Gasteiger partial charge in [-0.1, -0.05) is 18.1 Å². The van der Waals surface area contributed by atoms with Crippen LogP contribution in [0, 0.1) is 23.7 Å². The molecule has 0 spiro atoms. The predicted octanol–water partition coefficient (Wildman–Crippen LogP) is 1.33. The fourth-order valence-electron chi connectivity index (χ4n) is 3.34. The second-order valence-corrected chi connectivity index (χ2v) is 7.09. The van der Waals surface area contributed by atoms with E-state index in [1.165, 1.54) is 15.6 Å². The van der Waals surface area contributed by atoms with Crippen molar-refractivity contribution in [2.24, 2.45) is 0 Å². The van der Waals surface area contributed by atoms with Crippen molar-refractivity contribution in [2.75, 3.05) is 18.6 Å². The molecule has 9 heteroatoms. The Morgan fingerprint density at radius 2 is 2.19 bits per heavy atom. The fraction of sp³-hybridized carbons (Fsp3) is 0.174. The lowest BCUT2D eigenvalue weighted by molar-refractivity contribution is -0.120. The summed E-state index contributed by atoms with van der Waals surface area (Å²) in [6.07, 6.45) is 6.99. The lowest BCUT2D eigenvalue weighted by atomic mass is 10.1. The van der Waals surface area contributed by atoms with E-state index in [0.717, 1.165) is 5.56 Å². The summed E-state index contributed by atoms with van der Waals surface area (Å²) in [7, 11) is 1.56. The zero-order chi connectivity index (χ0) is 22.7. The number of terminal acetylenes is 1. The SMILES string of the molecule is C#Cc1cccc(Cn2nc(C(=O)N[C@H]3COc4cccnc4N(C)C3=O)cc2C#N)c1. The molecule has 158 valence electrons. The third-order valence-electron chi connectivity index (χ3n) is 4.96. The van der Waals surface area contributed by atoms with Crippen molar-refractivity contribution in [1.82, 2.24) is 20.1 Å².